The molecule has 0 saturated carbocycles. The predicted molar refractivity (Wildman–Crippen MR) is 75.4 cm³/mol. The van der Waals surface area contributed by atoms with Gasteiger partial charge in [-0.15, -0.1) is 0 Å². The van der Waals surface area contributed by atoms with Gasteiger partial charge in [-0.3, -0.25) is 4.68 Å². The maximum atomic E-state index is 12.2. The fourth-order valence-electron chi connectivity index (χ4n) is 1.63. The highest BCUT2D eigenvalue weighted by atomic mass is 79.9. The van der Waals surface area contributed by atoms with Crippen molar-refractivity contribution < 1.29 is 18.3 Å². The Morgan fingerprint density at radius 1 is 1.40 bits per heavy atom. The fourth-order valence-corrected chi connectivity index (χ4v) is 3.28. The van der Waals surface area contributed by atoms with Crippen LogP contribution in [-0.2, 0) is 16.4 Å². The van der Waals surface area contributed by atoms with Gasteiger partial charge in [-0.05, 0) is 40.2 Å². The van der Waals surface area contributed by atoms with Gasteiger partial charge in [0.2, 0.25) is 0 Å². The number of nitrogens with zero attached hydrogens (tertiary/aromatic N) is 2. The highest BCUT2D eigenvalue weighted by molar-refractivity contribution is 9.10. The van der Waals surface area contributed by atoms with E-state index in [4.69, 9.17) is 5.11 Å². The second kappa shape index (κ2) is 5.76. The van der Waals surface area contributed by atoms with E-state index in [-0.39, 0.29) is 22.8 Å². The monoisotopic (exact) mass is 358 g/mol. The molecule has 0 fully saturated rings. The first-order valence-corrected chi connectivity index (χ1v) is 8.08. The Morgan fingerprint density at radius 2 is 2.15 bits per heavy atom. The zero-order valence-corrected chi connectivity index (χ0v) is 12.6. The van der Waals surface area contributed by atoms with Crippen molar-refractivity contribution >= 4 is 31.7 Å². The van der Waals surface area contributed by atoms with Gasteiger partial charge >= 0.3 is 5.97 Å². The molecule has 0 aliphatic rings. The van der Waals surface area contributed by atoms with Crippen molar-refractivity contribution in [3.63, 3.8) is 0 Å². The number of carbonyl (C=O) groups is 1. The number of halogens is 1. The highest BCUT2D eigenvalue weighted by Gasteiger charge is 2.18. The molecule has 0 unspecified atom stereocenters. The van der Waals surface area contributed by atoms with Crippen molar-refractivity contribution in [1.29, 1.82) is 0 Å². The summed E-state index contributed by atoms with van der Waals surface area (Å²) >= 11 is 3.08. The summed E-state index contributed by atoms with van der Waals surface area (Å²) in [6, 6.07) is 5.67. The Balaban J connectivity index is 2.25. The van der Waals surface area contributed by atoms with Crippen LogP contribution >= 0.6 is 15.9 Å². The smallest absolute Gasteiger partial charge is 0.336 e. The molecule has 1 heterocycles. The molecule has 8 heteroatoms. The van der Waals surface area contributed by atoms with Gasteiger partial charge in [-0.1, -0.05) is 0 Å². The molecule has 2 aromatic rings. The van der Waals surface area contributed by atoms with Crippen LogP contribution < -0.4 is 0 Å². The summed E-state index contributed by atoms with van der Waals surface area (Å²) in [5.74, 6) is -1.32. The van der Waals surface area contributed by atoms with Crippen LogP contribution in [0, 0.1) is 0 Å². The molecule has 1 N–H and O–H groups in total. The van der Waals surface area contributed by atoms with Crippen molar-refractivity contribution in [1.82, 2.24) is 9.78 Å². The van der Waals surface area contributed by atoms with E-state index in [2.05, 4.69) is 21.0 Å². The summed E-state index contributed by atoms with van der Waals surface area (Å²) < 4.78 is 26.2. The maximum Gasteiger partial charge on any atom is 0.336 e. The van der Waals surface area contributed by atoms with Crippen LogP contribution in [0.5, 0.6) is 0 Å². The number of rotatable bonds is 5. The van der Waals surface area contributed by atoms with Gasteiger partial charge in [0.1, 0.15) is 0 Å². The van der Waals surface area contributed by atoms with Gasteiger partial charge in [-0.2, -0.15) is 5.10 Å². The zero-order chi connectivity index (χ0) is 14.8. The Hall–Kier alpha value is -1.67. The van der Waals surface area contributed by atoms with Crippen LogP contribution in [0.15, 0.2) is 46.0 Å². The van der Waals surface area contributed by atoms with Crippen LogP contribution in [0.1, 0.15) is 10.4 Å². The molecule has 0 atom stereocenters. The lowest BCUT2D eigenvalue weighted by Gasteiger charge is -2.07. The molecule has 0 aliphatic carbocycles. The molecular weight excluding hydrogens is 348 g/mol. The Kier molecular flexibility index (Phi) is 4.24. The molecule has 2 rings (SSSR count). The molecule has 106 valence electrons. The Labute approximate surface area is 124 Å². The number of carboxylic acid groups (broad SMARTS) is 1. The minimum Gasteiger partial charge on any atom is -0.478 e. The second-order valence-corrected chi connectivity index (χ2v) is 7.00. The molecule has 6 nitrogen and oxygen atoms in total. The van der Waals surface area contributed by atoms with Gasteiger partial charge in [0, 0.05) is 16.9 Å². The van der Waals surface area contributed by atoms with Crippen molar-refractivity contribution in [2.45, 2.75) is 11.4 Å². The van der Waals surface area contributed by atoms with E-state index in [1.807, 2.05) is 0 Å². The third kappa shape index (κ3) is 3.26. The third-order valence-electron chi connectivity index (χ3n) is 2.68. The van der Waals surface area contributed by atoms with Crippen molar-refractivity contribution in [2.75, 3.05) is 5.75 Å². The minimum absolute atomic E-state index is 0.00902. The third-order valence-corrected chi connectivity index (χ3v) is 5.06. The number of sulfone groups is 1. The quantitative estimate of drug-likeness (QED) is 0.880. The first-order chi connectivity index (χ1) is 9.40. The molecule has 0 saturated heterocycles. The number of aromatic nitrogens is 2. The van der Waals surface area contributed by atoms with Crippen molar-refractivity contribution in [3.8, 4) is 0 Å². The summed E-state index contributed by atoms with van der Waals surface area (Å²) in [6.45, 7) is 0.216. The molecule has 0 bridgehead atoms. The average molecular weight is 359 g/mol. The summed E-state index contributed by atoms with van der Waals surface area (Å²) in [6.07, 6.45) is 3.23. The largest absolute Gasteiger partial charge is 0.478 e. The fraction of sp³-hybridized carbons (Fsp3) is 0.167. The van der Waals surface area contributed by atoms with Gasteiger partial charge in [0.05, 0.1) is 22.8 Å². The predicted octanol–water partition coefficient (Wildman–Crippen LogP) is 1.82. The molecule has 1 aromatic carbocycles. The number of benzene rings is 1. The van der Waals surface area contributed by atoms with Gasteiger partial charge < -0.3 is 5.11 Å². The van der Waals surface area contributed by atoms with Crippen molar-refractivity contribution in [2.24, 2.45) is 0 Å². The van der Waals surface area contributed by atoms with Crippen LogP contribution in [0.4, 0.5) is 0 Å². The Bertz CT molecular complexity index is 726. The van der Waals surface area contributed by atoms with Crippen molar-refractivity contribution in [3.05, 3.63) is 46.7 Å². The molecular formula is C12H11BrN2O4S. The van der Waals surface area contributed by atoms with E-state index in [0.717, 1.165) is 6.07 Å². The molecule has 0 spiro atoms. The van der Waals surface area contributed by atoms with E-state index >= 15 is 0 Å². The van der Waals surface area contributed by atoms with E-state index in [1.54, 1.807) is 18.5 Å². The van der Waals surface area contributed by atoms with Crippen LogP contribution in [0.2, 0.25) is 0 Å². The zero-order valence-electron chi connectivity index (χ0n) is 10.2. The highest BCUT2D eigenvalue weighted by Crippen LogP contribution is 2.22. The summed E-state index contributed by atoms with van der Waals surface area (Å²) in [4.78, 5) is 11.0. The molecule has 1 aromatic heterocycles. The molecule has 20 heavy (non-hydrogen) atoms. The second-order valence-electron chi connectivity index (χ2n) is 4.03. The molecule has 0 radical (unpaired) electrons. The maximum absolute atomic E-state index is 12.2. The average Bonchev–Trinajstić information content (AvgIpc) is 2.89. The van der Waals surface area contributed by atoms with Crippen LogP contribution in [-0.4, -0.2) is 35.0 Å². The van der Waals surface area contributed by atoms with E-state index in [9.17, 15) is 13.2 Å². The van der Waals surface area contributed by atoms with Gasteiger partial charge in [0.25, 0.3) is 0 Å². The first kappa shape index (κ1) is 14.7. The van der Waals surface area contributed by atoms with Gasteiger partial charge in [0.15, 0.2) is 9.84 Å². The number of aromatic carboxylic acids is 1. The SMILES string of the molecule is O=C(O)c1cc(S(=O)(=O)CCn2cccn2)ccc1Br. The lowest BCUT2D eigenvalue weighted by molar-refractivity contribution is 0.0695. The Morgan fingerprint density at radius 3 is 2.75 bits per heavy atom. The van der Waals surface area contributed by atoms with E-state index in [1.165, 1.54) is 16.8 Å². The molecule has 0 amide bonds. The summed E-state index contributed by atoms with van der Waals surface area (Å²) in [5.41, 5.74) is -0.0786. The number of hydrogen-bond donors (Lipinski definition) is 1. The first-order valence-electron chi connectivity index (χ1n) is 5.63. The minimum atomic E-state index is -3.55. The van der Waals surface area contributed by atoms with Gasteiger partial charge in [-0.25, -0.2) is 13.2 Å². The number of hydrogen-bond acceptors (Lipinski definition) is 4. The lowest BCUT2D eigenvalue weighted by Crippen LogP contribution is -2.14. The van der Waals surface area contributed by atoms with Crippen LogP contribution in [0.25, 0.3) is 0 Å². The summed E-state index contributed by atoms with van der Waals surface area (Å²) in [5, 5.41) is 12.9. The van der Waals surface area contributed by atoms with Crippen LogP contribution in [0.3, 0.4) is 0 Å². The lowest BCUT2D eigenvalue weighted by atomic mass is 10.2. The van der Waals surface area contributed by atoms with E-state index < -0.39 is 15.8 Å². The standard InChI is InChI=1S/C12H11BrN2O4S/c13-11-3-2-9(8-10(11)12(16)17)20(18,19)7-6-15-5-1-4-14-15/h1-5,8H,6-7H2,(H,16,17). The number of aryl methyl sites for hydroxylation is 1. The topological polar surface area (TPSA) is 89.3 Å². The number of carboxylic acids is 1. The van der Waals surface area contributed by atoms with E-state index in [0.29, 0.717) is 4.47 Å². The summed E-state index contributed by atoms with van der Waals surface area (Å²) in [7, 11) is -3.55. The normalized spacial score (nSPS) is 11.4. The molecule has 0 aliphatic heterocycles.